The van der Waals surface area contributed by atoms with E-state index in [0.29, 0.717) is 6.54 Å². The molecule has 0 spiro atoms. The topological polar surface area (TPSA) is 116 Å². The van der Waals surface area contributed by atoms with Crippen LogP contribution in [0.3, 0.4) is 0 Å². The van der Waals surface area contributed by atoms with E-state index in [1.165, 1.54) is 0 Å². The second-order valence-corrected chi connectivity index (χ2v) is 3.97. The number of primary amides is 1. The summed E-state index contributed by atoms with van der Waals surface area (Å²) in [5.74, 6) is -1.31. The molecule has 0 unspecified atom stereocenters. The van der Waals surface area contributed by atoms with Gasteiger partial charge in [0.2, 0.25) is 0 Å². The number of urea groups is 1. The zero-order valence-corrected chi connectivity index (χ0v) is 10.8. The van der Waals surface area contributed by atoms with Gasteiger partial charge in [0, 0.05) is 5.69 Å². The van der Waals surface area contributed by atoms with Gasteiger partial charge in [-0.15, -0.1) is 0 Å². The SMILES string of the molecule is Cc1cc(C)n(CCC(=O)OCC(=O)NC(N)=O)n1. The van der Waals surface area contributed by atoms with Gasteiger partial charge in [-0.3, -0.25) is 19.6 Å². The molecule has 0 aliphatic rings. The summed E-state index contributed by atoms with van der Waals surface area (Å²) in [5, 5.41) is 5.97. The van der Waals surface area contributed by atoms with Crippen molar-refractivity contribution in [3.05, 3.63) is 17.5 Å². The van der Waals surface area contributed by atoms with Gasteiger partial charge in [0.05, 0.1) is 18.7 Å². The van der Waals surface area contributed by atoms with E-state index in [0.717, 1.165) is 11.4 Å². The number of hydrogen-bond donors (Lipinski definition) is 2. The fourth-order valence-electron chi connectivity index (χ4n) is 1.49. The molecular weight excluding hydrogens is 252 g/mol. The molecule has 1 heterocycles. The maximum absolute atomic E-state index is 11.4. The number of imide groups is 1. The van der Waals surface area contributed by atoms with Crippen molar-refractivity contribution in [2.45, 2.75) is 26.8 Å². The summed E-state index contributed by atoms with van der Waals surface area (Å²) in [4.78, 5) is 32.7. The van der Waals surface area contributed by atoms with Gasteiger partial charge in [-0.2, -0.15) is 5.10 Å². The summed E-state index contributed by atoms with van der Waals surface area (Å²) in [6.07, 6.45) is 0.0891. The van der Waals surface area contributed by atoms with Crippen molar-refractivity contribution in [3.8, 4) is 0 Å². The van der Waals surface area contributed by atoms with Gasteiger partial charge in [-0.1, -0.05) is 0 Å². The van der Waals surface area contributed by atoms with E-state index in [1.807, 2.05) is 19.9 Å². The number of ether oxygens (including phenoxy) is 1. The number of hydrogen-bond acceptors (Lipinski definition) is 5. The molecule has 0 saturated carbocycles. The van der Waals surface area contributed by atoms with Gasteiger partial charge < -0.3 is 10.5 Å². The van der Waals surface area contributed by atoms with Crippen LogP contribution in [0.25, 0.3) is 0 Å². The number of nitrogens with zero attached hydrogens (tertiary/aromatic N) is 2. The van der Waals surface area contributed by atoms with Crippen LogP contribution in [0.1, 0.15) is 17.8 Å². The number of carbonyl (C=O) groups is 3. The number of nitrogens with one attached hydrogen (secondary N) is 1. The third-order valence-corrected chi connectivity index (χ3v) is 2.26. The van der Waals surface area contributed by atoms with Crippen LogP contribution in [-0.2, 0) is 20.9 Å². The molecule has 8 heteroatoms. The van der Waals surface area contributed by atoms with Crippen molar-refractivity contribution >= 4 is 17.9 Å². The Morgan fingerprint density at radius 1 is 1.42 bits per heavy atom. The third-order valence-electron chi connectivity index (χ3n) is 2.26. The molecule has 3 amide bonds. The average Bonchev–Trinajstić information content (AvgIpc) is 2.61. The summed E-state index contributed by atoms with van der Waals surface area (Å²) in [7, 11) is 0. The highest BCUT2D eigenvalue weighted by atomic mass is 16.5. The fourth-order valence-corrected chi connectivity index (χ4v) is 1.49. The molecule has 0 aliphatic carbocycles. The van der Waals surface area contributed by atoms with Crippen LogP contribution in [0.15, 0.2) is 6.07 Å². The molecular formula is C11H16N4O4. The molecule has 0 fully saturated rings. The molecule has 1 aromatic rings. The molecule has 0 aliphatic heterocycles. The second kappa shape index (κ2) is 6.53. The van der Waals surface area contributed by atoms with Crippen LogP contribution >= 0.6 is 0 Å². The van der Waals surface area contributed by atoms with Crippen LogP contribution in [-0.4, -0.2) is 34.3 Å². The minimum Gasteiger partial charge on any atom is -0.456 e. The van der Waals surface area contributed by atoms with Gasteiger partial charge >= 0.3 is 12.0 Å². The molecule has 104 valence electrons. The van der Waals surface area contributed by atoms with Crippen molar-refractivity contribution in [2.75, 3.05) is 6.61 Å². The number of rotatable bonds is 5. The lowest BCUT2D eigenvalue weighted by molar-refractivity contribution is -0.148. The van der Waals surface area contributed by atoms with E-state index >= 15 is 0 Å². The molecule has 0 bridgehead atoms. The summed E-state index contributed by atoms with van der Waals surface area (Å²) in [5.41, 5.74) is 6.54. The Morgan fingerprint density at radius 2 is 2.11 bits per heavy atom. The van der Waals surface area contributed by atoms with Gasteiger partial charge in [0.1, 0.15) is 0 Å². The lowest BCUT2D eigenvalue weighted by atomic mass is 10.4. The number of esters is 1. The van der Waals surface area contributed by atoms with E-state index in [2.05, 4.69) is 9.84 Å². The van der Waals surface area contributed by atoms with Gasteiger partial charge in [0.15, 0.2) is 6.61 Å². The predicted octanol–water partition coefficient (Wildman–Crippen LogP) is -0.372. The van der Waals surface area contributed by atoms with Crippen LogP contribution in [0.2, 0.25) is 0 Å². The first-order chi connectivity index (χ1) is 8.88. The lowest BCUT2D eigenvalue weighted by Crippen LogP contribution is -2.37. The number of aromatic nitrogens is 2. The summed E-state index contributed by atoms with van der Waals surface area (Å²) in [6.45, 7) is 3.58. The van der Waals surface area contributed by atoms with Crippen LogP contribution in [0.4, 0.5) is 4.79 Å². The van der Waals surface area contributed by atoms with Crippen molar-refractivity contribution in [3.63, 3.8) is 0 Å². The van der Waals surface area contributed by atoms with E-state index in [9.17, 15) is 14.4 Å². The van der Waals surface area contributed by atoms with Crippen LogP contribution in [0.5, 0.6) is 0 Å². The Kier molecular flexibility index (Phi) is 5.04. The number of carbonyl (C=O) groups excluding carboxylic acids is 3. The highest BCUT2D eigenvalue weighted by Crippen LogP contribution is 2.03. The van der Waals surface area contributed by atoms with Gasteiger partial charge in [-0.05, 0) is 19.9 Å². The highest BCUT2D eigenvalue weighted by molar-refractivity contribution is 5.94. The third kappa shape index (κ3) is 5.19. The van der Waals surface area contributed by atoms with Crippen molar-refractivity contribution in [1.29, 1.82) is 0 Å². The Labute approximate surface area is 109 Å². The summed E-state index contributed by atoms with van der Waals surface area (Å²) in [6, 6.07) is 0.912. The molecule has 19 heavy (non-hydrogen) atoms. The largest absolute Gasteiger partial charge is 0.456 e. The summed E-state index contributed by atoms with van der Waals surface area (Å²) >= 11 is 0. The zero-order valence-electron chi connectivity index (χ0n) is 10.8. The molecule has 1 rings (SSSR count). The minimum absolute atomic E-state index is 0.0891. The number of nitrogens with two attached hydrogens (primary N) is 1. The van der Waals surface area contributed by atoms with Gasteiger partial charge in [0.25, 0.3) is 5.91 Å². The molecule has 1 aromatic heterocycles. The van der Waals surface area contributed by atoms with E-state index in [-0.39, 0.29) is 6.42 Å². The fraction of sp³-hybridized carbons (Fsp3) is 0.455. The zero-order chi connectivity index (χ0) is 14.4. The first kappa shape index (κ1) is 14.7. The Bertz CT molecular complexity index is 495. The minimum atomic E-state index is -0.983. The van der Waals surface area contributed by atoms with Crippen molar-refractivity contribution in [2.24, 2.45) is 5.73 Å². The number of aryl methyl sites for hydroxylation is 3. The molecule has 0 saturated heterocycles. The smallest absolute Gasteiger partial charge is 0.318 e. The average molecular weight is 268 g/mol. The van der Waals surface area contributed by atoms with Crippen LogP contribution in [0, 0.1) is 13.8 Å². The van der Waals surface area contributed by atoms with E-state index < -0.39 is 24.5 Å². The lowest BCUT2D eigenvalue weighted by Gasteiger charge is -2.05. The maximum atomic E-state index is 11.4. The summed E-state index contributed by atoms with van der Waals surface area (Å²) < 4.78 is 6.35. The van der Waals surface area contributed by atoms with Crippen LogP contribution < -0.4 is 11.1 Å². The molecule has 0 atom stereocenters. The second-order valence-electron chi connectivity index (χ2n) is 3.97. The first-order valence-corrected chi connectivity index (χ1v) is 5.64. The first-order valence-electron chi connectivity index (χ1n) is 5.64. The van der Waals surface area contributed by atoms with Crippen molar-refractivity contribution in [1.82, 2.24) is 15.1 Å². The standard InChI is InChI=1S/C11H16N4O4/c1-7-5-8(2)15(14-7)4-3-10(17)19-6-9(16)13-11(12)18/h5H,3-4,6H2,1-2H3,(H3,12,13,16,18). The normalized spacial score (nSPS) is 10.0. The number of amides is 3. The maximum Gasteiger partial charge on any atom is 0.318 e. The molecule has 8 nitrogen and oxygen atoms in total. The van der Waals surface area contributed by atoms with E-state index in [1.54, 1.807) is 10.00 Å². The molecule has 0 radical (unpaired) electrons. The molecule has 3 N–H and O–H groups in total. The highest BCUT2D eigenvalue weighted by Gasteiger charge is 2.10. The van der Waals surface area contributed by atoms with Crippen molar-refractivity contribution < 1.29 is 19.1 Å². The monoisotopic (exact) mass is 268 g/mol. The Morgan fingerprint density at radius 3 is 2.63 bits per heavy atom. The Balaban J connectivity index is 2.30. The molecule has 0 aromatic carbocycles. The van der Waals surface area contributed by atoms with Gasteiger partial charge in [-0.25, -0.2) is 4.79 Å². The predicted molar refractivity (Wildman–Crippen MR) is 65.0 cm³/mol. The quantitative estimate of drug-likeness (QED) is 0.706. The Hall–Kier alpha value is -2.38. The van der Waals surface area contributed by atoms with E-state index in [4.69, 9.17) is 5.73 Å².